The molecule has 0 radical (unpaired) electrons. The molecule has 0 saturated carbocycles. The molecule has 0 unspecified atom stereocenters. The molecule has 6 aliphatic rings. The van der Waals surface area contributed by atoms with Crippen LogP contribution in [0.2, 0.25) is 0 Å². The second kappa shape index (κ2) is 2.80. The molecule has 0 aromatic heterocycles. The molecule has 0 aromatic carbocycles. The summed E-state index contributed by atoms with van der Waals surface area (Å²) in [6.45, 7) is -25.9. The van der Waals surface area contributed by atoms with E-state index < -0.39 is 70.2 Å². The van der Waals surface area contributed by atoms with E-state index in [0.29, 0.717) is 0 Å². The van der Waals surface area contributed by atoms with E-state index in [1.165, 1.54) is 0 Å². The summed E-state index contributed by atoms with van der Waals surface area (Å²) in [6, 6.07) is 0. The molecule has 0 aromatic rings. The molecular formula is H12O12Si10. The third-order valence-electron chi connectivity index (χ3n) is 7.40. The van der Waals surface area contributed by atoms with Crippen LogP contribution in [-0.4, -0.2) is 128 Å². The van der Waals surface area contributed by atoms with Crippen LogP contribution in [0.25, 0.3) is 0 Å². The maximum Gasteiger partial charge on any atom is 0.461 e. The second-order valence-electron chi connectivity index (χ2n) is 7.03. The summed E-state index contributed by atoms with van der Waals surface area (Å²) in [6.07, 6.45) is -8.56. The van der Waals surface area contributed by atoms with E-state index in [2.05, 4.69) is 0 Å². The number of hydrogen-bond donors (Lipinski definition) is 12. The van der Waals surface area contributed by atoms with Crippen molar-refractivity contribution in [1.82, 2.24) is 0 Å². The van der Waals surface area contributed by atoms with Crippen molar-refractivity contribution in [2.24, 2.45) is 0 Å². The van der Waals surface area contributed by atoms with Gasteiger partial charge in [0.15, 0.2) is 0 Å². The van der Waals surface area contributed by atoms with E-state index in [1.54, 1.807) is 0 Å². The zero-order valence-electron chi connectivity index (χ0n) is 10.4. The van der Waals surface area contributed by atoms with Gasteiger partial charge in [0.1, 0.15) is 0 Å². The van der Waals surface area contributed by atoms with Gasteiger partial charge in [0.05, 0.1) is 0 Å². The Labute approximate surface area is 127 Å². The molecule has 6 heterocycles. The molecule has 0 amide bonds. The molecule has 6 fully saturated rings. The third-order valence-corrected chi connectivity index (χ3v) is 397. The van der Waals surface area contributed by atoms with E-state index in [-0.39, 0.29) is 0 Å². The zero-order chi connectivity index (χ0) is 17.0. The highest BCUT2D eigenvalue weighted by atomic mass is 31.2. The van der Waals surface area contributed by atoms with Gasteiger partial charge >= 0.3 is 16.6 Å². The normalized spacial score (nSPS) is 75.8. The van der Waals surface area contributed by atoms with Crippen molar-refractivity contribution < 1.29 is 57.5 Å². The van der Waals surface area contributed by atoms with Gasteiger partial charge < -0.3 is 57.5 Å². The Morgan fingerprint density at radius 2 is 0.500 bits per heavy atom. The predicted octanol–water partition coefficient (Wildman–Crippen LogP) is -10.5. The maximum atomic E-state index is 10.8. The fourth-order valence-electron chi connectivity index (χ4n) is 7.48. The monoisotopic (exact) mass is 484 g/mol. The minimum atomic E-state index is -5.24. The fraction of sp³-hybridized carbons (Fsp3) is 0. The predicted molar refractivity (Wildman–Crippen MR) is 84.2 cm³/mol. The molecule has 12 N–H and O–H groups in total. The molecule has 12 nitrogen and oxygen atoms in total. The van der Waals surface area contributed by atoms with E-state index in [1.807, 2.05) is 0 Å². The molecule has 0 bridgehead atoms. The molecule has 22 heteroatoms. The van der Waals surface area contributed by atoms with Crippen molar-refractivity contribution in [2.45, 2.75) is 0 Å². The standard InChI is InChI=1S/H12O12Si10/c1-13(2,3)21-15(7)18(10)16(21,8)20(12)17(21,9)19(15,11)22(18,20)14(4,5)6/h1-12H. The lowest BCUT2D eigenvalue weighted by Crippen LogP contribution is -3.70. The summed E-state index contributed by atoms with van der Waals surface area (Å²) >= 11 is 0. The van der Waals surface area contributed by atoms with Gasteiger partial charge in [-0.3, -0.25) is 0 Å². The molecular weight excluding hydrogens is 473 g/mol. The molecule has 124 valence electrons. The number of rotatable bonds is 2. The average Bonchev–Trinajstić information content (AvgIpc) is 2.31. The summed E-state index contributed by atoms with van der Waals surface area (Å²) in [5.74, 6) is 0. The summed E-state index contributed by atoms with van der Waals surface area (Å²) in [4.78, 5) is 124. The van der Waals surface area contributed by atoms with Gasteiger partial charge in [-0.05, 0) is 0 Å². The summed E-state index contributed by atoms with van der Waals surface area (Å²) in [5, 5.41) is 0. The second-order valence-corrected chi connectivity index (χ2v) is 127. The smallest absolute Gasteiger partial charge is 0.436 e. The van der Waals surface area contributed by atoms with Crippen LogP contribution in [0.4, 0.5) is 0 Å². The summed E-state index contributed by atoms with van der Waals surface area (Å²) in [5.41, 5.74) is 0. The van der Waals surface area contributed by atoms with Gasteiger partial charge in [-0.15, -0.1) is 0 Å². The van der Waals surface area contributed by atoms with Crippen LogP contribution in [-0.2, 0) is 0 Å². The Bertz CT molecular complexity index is 552. The van der Waals surface area contributed by atoms with Gasteiger partial charge in [0.25, 0.3) is 0 Å². The van der Waals surface area contributed by atoms with Crippen molar-refractivity contribution in [3.8, 4) is 0 Å². The first kappa shape index (κ1) is 15.9. The van der Waals surface area contributed by atoms with Crippen LogP contribution >= 0.6 is 0 Å². The van der Waals surface area contributed by atoms with Gasteiger partial charge in [-0.1, -0.05) is 0 Å². The highest BCUT2D eigenvalue weighted by Gasteiger charge is 3.52. The van der Waals surface area contributed by atoms with Gasteiger partial charge in [0, 0.05) is 0 Å². The van der Waals surface area contributed by atoms with Crippen molar-refractivity contribution in [2.75, 3.05) is 0 Å². The van der Waals surface area contributed by atoms with Gasteiger partial charge in [0.2, 0.25) is 53.5 Å². The Kier molecular flexibility index (Phi) is 2.03. The highest BCUT2D eigenvalue weighted by Crippen LogP contribution is 2.96. The number of hydrogen-bond acceptors (Lipinski definition) is 12. The average molecular weight is 485 g/mol. The van der Waals surface area contributed by atoms with E-state index >= 15 is 0 Å². The highest BCUT2D eigenvalue weighted by molar-refractivity contribution is 8.94. The van der Waals surface area contributed by atoms with Crippen molar-refractivity contribution in [3.05, 3.63) is 0 Å². The van der Waals surface area contributed by atoms with E-state index in [9.17, 15) is 57.5 Å². The molecule has 0 atom stereocenters. The van der Waals surface area contributed by atoms with Crippen LogP contribution in [0.3, 0.4) is 0 Å². The fourth-order valence-corrected chi connectivity index (χ4v) is 1050. The summed E-state index contributed by atoms with van der Waals surface area (Å²) < 4.78 is 0. The van der Waals surface area contributed by atoms with Crippen LogP contribution in [0, 0.1) is 0 Å². The first-order valence-corrected chi connectivity index (χ1v) is 39.5. The first-order chi connectivity index (χ1) is 9.50. The largest absolute Gasteiger partial charge is 0.461 e. The van der Waals surface area contributed by atoms with Crippen molar-refractivity contribution in [3.63, 3.8) is 0 Å². The molecule has 0 spiro atoms. The third kappa shape index (κ3) is 0.569. The molecule has 6 saturated heterocycles. The van der Waals surface area contributed by atoms with E-state index in [0.717, 1.165) is 0 Å². The lowest BCUT2D eigenvalue weighted by Gasteiger charge is -3.16. The molecule has 6 rings (SSSR count). The van der Waals surface area contributed by atoms with Crippen LogP contribution in [0.15, 0.2) is 0 Å². The minimum Gasteiger partial charge on any atom is -0.436 e. The topological polar surface area (TPSA) is 243 Å². The van der Waals surface area contributed by atoms with Crippen LogP contribution in [0.5, 0.6) is 0 Å². The van der Waals surface area contributed by atoms with Crippen molar-refractivity contribution >= 4 is 70.2 Å². The maximum absolute atomic E-state index is 10.8. The van der Waals surface area contributed by atoms with Crippen molar-refractivity contribution in [1.29, 1.82) is 0 Å². The van der Waals surface area contributed by atoms with Gasteiger partial charge in [-0.2, -0.15) is 0 Å². The molecule has 22 heavy (non-hydrogen) atoms. The first-order valence-electron chi connectivity index (χ1n) is 6.18. The van der Waals surface area contributed by atoms with Crippen LogP contribution in [0.1, 0.15) is 0 Å². The Morgan fingerprint density at radius 1 is 0.364 bits per heavy atom. The Morgan fingerprint density at radius 3 is 0.591 bits per heavy atom. The molecule has 0 aliphatic carbocycles. The lowest BCUT2D eigenvalue weighted by molar-refractivity contribution is 0.251. The van der Waals surface area contributed by atoms with Gasteiger partial charge in [-0.25, -0.2) is 0 Å². The lowest BCUT2D eigenvalue weighted by atomic mass is 15.8. The Hall–Kier alpha value is 1.69. The van der Waals surface area contributed by atoms with E-state index in [4.69, 9.17) is 0 Å². The quantitative estimate of drug-likeness (QED) is 0.163. The zero-order valence-corrected chi connectivity index (χ0v) is 20.4. The Balaban J connectivity index is 1.89. The SMILES string of the molecule is O[Si](O)(O)[Si]12[Si]3(O)[Si]4(O)[Si]1(O)[Si]1(O)[Si]2(O)[Si]3(O)[Si]41[Si](O)(O)O. The minimum absolute atomic E-state index is 4.28. The van der Waals surface area contributed by atoms with Crippen LogP contribution < -0.4 is 0 Å². The molecule has 6 aliphatic heterocycles. The summed E-state index contributed by atoms with van der Waals surface area (Å²) in [7, 11) is -10.5.